The number of hydrogen-bond acceptors (Lipinski definition) is 6. The molecule has 3 aromatic rings. The van der Waals surface area contributed by atoms with Crippen LogP contribution in [0.4, 0.5) is 11.4 Å². The SMILES string of the molecule is COc1cc(C(=O)NC(=S)Nc2cccc(NC(=O)c3ccccc3Cl)c2)cc(OC)c1OC. The Balaban J connectivity index is 1.68. The first-order chi connectivity index (χ1) is 16.4. The van der Waals surface area contributed by atoms with Gasteiger partial charge in [-0.25, -0.2) is 0 Å². The molecule has 10 heteroatoms. The van der Waals surface area contributed by atoms with Crippen LogP contribution < -0.4 is 30.2 Å². The van der Waals surface area contributed by atoms with Crippen molar-refractivity contribution in [3.05, 3.63) is 76.8 Å². The van der Waals surface area contributed by atoms with Crippen LogP contribution in [0.5, 0.6) is 17.2 Å². The molecule has 176 valence electrons. The van der Waals surface area contributed by atoms with Crippen LogP contribution in [-0.4, -0.2) is 38.3 Å². The Labute approximate surface area is 207 Å². The molecule has 0 aliphatic heterocycles. The van der Waals surface area contributed by atoms with E-state index in [2.05, 4.69) is 16.0 Å². The molecule has 0 spiro atoms. The predicted octanol–water partition coefficient (Wildman–Crippen LogP) is 4.74. The summed E-state index contributed by atoms with van der Waals surface area (Å²) < 4.78 is 15.8. The number of carbonyl (C=O) groups is 2. The van der Waals surface area contributed by atoms with Gasteiger partial charge in [0.15, 0.2) is 16.6 Å². The van der Waals surface area contributed by atoms with E-state index in [4.69, 9.17) is 38.0 Å². The summed E-state index contributed by atoms with van der Waals surface area (Å²) in [4.78, 5) is 25.2. The van der Waals surface area contributed by atoms with E-state index in [1.54, 1.807) is 48.5 Å². The molecule has 0 saturated heterocycles. The van der Waals surface area contributed by atoms with Gasteiger partial charge in [-0.15, -0.1) is 0 Å². The van der Waals surface area contributed by atoms with Crippen molar-refractivity contribution in [3.8, 4) is 17.2 Å². The third-order valence-corrected chi connectivity index (χ3v) is 5.18. The van der Waals surface area contributed by atoms with Crippen LogP contribution >= 0.6 is 23.8 Å². The van der Waals surface area contributed by atoms with E-state index in [0.29, 0.717) is 39.2 Å². The normalized spacial score (nSPS) is 10.1. The number of halogens is 1. The third-order valence-electron chi connectivity index (χ3n) is 4.65. The van der Waals surface area contributed by atoms with Crippen LogP contribution in [0, 0.1) is 0 Å². The van der Waals surface area contributed by atoms with Gasteiger partial charge in [0, 0.05) is 16.9 Å². The van der Waals surface area contributed by atoms with E-state index in [1.165, 1.54) is 33.5 Å². The predicted molar refractivity (Wildman–Crippen MR) is 136 cm³/mol. The van der Waals surface area contributed by atoms with E-state index in [9.17, 15) is 9.59 Å². The maximum Gasteiger partial charge on any atom is 0.257 e. The number of amides is 2. The first-order valence-electron chi connectivity index (χ1n) is 9.94. The Kier molecular flexibility index (Phi) is 8.29. The fraction of sp³-hybridized carbons (Fsp3) is 0.125. The van der Waals surface area contributed by atoms with E-state index < -0.39 is 5.91 Å². The average molecular weight is 500 g/mol. The van der Waals surface area contributed by atoms with Gasteiger partial charge in [-0.2, -0.15) is 0 Å². The number of rotatable bonds is 7. The summed E-state index contributed by atoms with van der Waals surface area (Å²) in [5.74, 6) is 0.236. The van der Waals surface area contributed by atoms with Gasteiger partial charge in [-0.1, -0.05) is 29.8 Å². The lowest BCUT2D eigenvalue weighted by molar-refractivity contribution is 0.0975. The molecule has 3 N–H and O–H groups in total. The van der Waals surface area contributed by atoms with Crippen molar-refractivity contribution in [1.29, 1.82) is 0 Å². The molecule has 0 saturated carbocycles. The first-order valence-corrected chi connectivity index (χ1v) is 10.7. The molecule has 0 aliphatic carbocycles. The van der Waals surface area contributed by atoms with Crippen LogP contribution in [0.15, 0.2) is 60.7 Å². The van der Waals surface area contributed by atoms with E-state index in [0.717, 1.165) is 0 Å². The van der Waals surface area contributed by atoms with Gasteiger partial charge in [0.05, 0.1) is 31.9 Å². The van der Waals surface area contributed by atoms with Crippen molar-refractivity contribution >= 4 is 52.1 Å². The molecular formula is C24H22ClN3O5S. The Morgan fingerprint density at radius 3 is 2.00 bits per heavy atom. The minimum absolute atomic E-state index is 0.0633. The molecule has 0 aliphatic rings. The van der Waals surface area contributed by atoms with Crippen LogP contribution in [0.3, 0.4) is 0 Å². The van der Waals surface area contributed by atoms with E-state index in [-0.39, 0.29) is 16.6 Å². The Bertz CT molecular complexity index is 1210. The molecule has 0 atom stereocenters. The zero-order valence-electron chi connectivity index (χ0n) is 18.6. The summed E-state index contributed by atoms with van der Waals surface area (Å²) in [6.45, 7) is 0. The summed E-state index contributed by atoms with van der Waals surface area (Å²) in [7, 11) is 4.40. The van der Waals surface area contributed by atoms with Gasteiger partial charge in [0.2, 0.25) is 5.75 Å². The van der Waals surface area contributed by atoms with Crippen molar-refractivity contribution in [3.63, 3.8) is 0 Å². The molecule has 0 radical (unpaired) electrons. The number of nitrogens with one attached hydrogen (secondary N) is 3. The van der Waals surface area contributed by atoms with Gasteiger partial charge in [-0.05, 0) is 54.7 Å². The zero-order chi connectivity index (χ0) is 24.7. The topological polar surface area (TPSA) is 97.9 Å². The molecule has 0 heterocycles. The fourth-order valence-electron chi connectivity index (χ4n) is 3.07. The maximum atomic E-state index is 12.7. The quantitative estimate of drug-likeness (QED) is 0.404. The van der Waals surface area contributed by atoms with Gasteiger partial charge in [0.1, 0.15) is 0 Å². The van der Waals surface area contributed by atoms with Crippen molar-refractivity contribution < 1.29 is 23.8 Å². The summed E-state index contributed by atoms with van der Waals surface area (Å²) in [6.07, 6.45) is 0. The molecule has 3 rings (SSSR count). The van der Waals surface area contributed by atoms with E-state index in [1.807, 2.05) is 0 Å². The highest BCUT2D eigenvalue weighted by atomic mass is 35.5. The van der Waals surface area contributed by atoms with Crippen LogP contribution in [0.2, 0.25) is 5.02 Å². The first kappa shape index (κ1) is 24.8. The van der Waals surface area contributed by atoms with Crippen molar-refractivity contribution in [2.45, 2.75) is 0 Å². The lowest BCUT2D eigenvalue weighted by atomic mass is 10.1. The third kappa shape index (κ3) is 5.94. The Morgan fingerprint density at radius 1 is 0.794 bits per heavy atom. The van der Waals surface area contributed by atoms with Crippen LogP contribution in [-0.2, 0) is 0 Å². The second-order valence-electron chi connectivity index (χ2n) is 6.84. The number of thiocarbonyl (C=S) groups is 1. The molecule has 2 amide bonds. The monoisotopic (exact) mass is 499 g/mol. The van der Waals surface area contributed by atoms with Crippen LogP contribution in [0.25, 0.3) is 0 Å². The van der Waals surface area contributed by atoms with Crippen molar-refractivity contribution in [2.75, 3.05) is 32.0 Å². The molecule has 34 heavy (non-hydrogen) atoms. The summed E-state index contributed by atoms with van der Waals surface area (Å²) in [6, 6.07) is 16.7. The fourth-order valence-corrected chi connectivity index (χ4v) is 3.50. The highest BCUT2D eigenvalue weighted by molar-refractivity contribution is 7.80. The highest BCUT2D eigenvalue weighted by Gasteiger charge is 2.18. The second-order valence-corrected chi connectivity index (χ2v) is 7.65. The number of ether oxygens (including phenoxy) is 3. The van der Waals surface area contributed by atoms with Gasteiger partial charge in [-0.3, -0.25) is 14.9 Å². The molecule has 0 aromatic heterocycles. The minimum atomic E-state index is -0.472. The highest BCUT2D eigenvalue weighted by Crippen LogP contribution is 2.38. The minimum Gasteiger partial charge on any atom is -0.493 e. The second kappa shape index (κ2) is 11.4. The average Bonchev–Trinajstić information content (AvgIpc) is 2.83. The van der Waals surface area contributed by atoms with E-state index >= 15 is 0 Å². The summed E-state index contributed by atoms with van der Waals surface area (Å²) in [5.41, 5.74) is 1.70. The lowest BCUT2D eigenvalue weighted by Gasteiger charge is -2.15. The van der Waals surface area contributed by atoms with Crippen molar-refractivity contribution in [1.82, 2.24) is 5.32 Å². The number of carbonyl (C=O) groups excluding carboxylic acids is 2. The Morgan fingerprint density at radius 2 is 1.41 bits per heavy atom. The number of methoxy groups -OCH3 is 3. The standard InChI is InChI=1S/C24H22ClN3O5S/c1-31-19-11-14(12-20(32-2)21(19)33-3)22(29)28-24(34)27-16-8-6-7-15(13-16)26-23(30)17-9-4-5-10-18(17)25/h4-13H,1-3H3,(H,26,30)(H2,27,28,29,34). The van der Waals surface area contributed by atoms with Gasteiger partial charge < -0.3 is 24.8 Å². The molecular weight excluding hydrogens is 478 g/mol. The molecule has 0 bridgehead atoms. The van der Waals surface area contributed by atoms with Crippen LogP contribution in [0.1, 0.15) is 20.7 Å². The lowest BCUT2D eigenvalue weighted by Crippen LogP contribution is -2.34. The maximum absolute atomic E-state index is 12.7. The van der Waals surface area contributed by atoms with Crippen molar-refractivity contribution in [2.24, 2.45) is 0 Å². The van der Waals surface area contributed by atoms with Gasteiger partial charge >= 0.3 is 0 Å². The summed E-state index contributed by atoms with van der Waals surface area (Å²) in [5, 5.41) is 8.72. The summed E-state index contributed by atoms with van der Waals surface area (Å²) >= 11 is 11.4. The largest absolute Gasteiger partial charge is 0.493 e. The molecule has 0 fully saturated rings. The number of benzene rings is 3. The Hall–Kier alpha value is -3.82. The number of anilines is 2. The molecule has 3 aromatic carbocycles. The smallest absolute Gasteiger partial charge is 0.257 e. The number of hydrogen-bond donors (Lipinski definition) is 3. The molecule has 8 nitrogen and oxygen atoms in total. The zero-order valence-corrected chi connectivity index (χ0v) is 20.2. The van der Waals surface area contributed by atoms with Gasteiger partial charge in [0.25, 0.3) is 11.8 Å². The molecule has 0 unspecified atom stereocenters.